The lowest BCUT2D eigenvalue weighted by Gasteiger charge is -2.28. The zero-order valence-corrected chi connectivity index (χ0v) is 18.9. The van der Waals surface area contributed by atoms with E-state index < -0.39 is 6.10 Å². The molecule has 8 heteroatoms. The average Bonchev–Trinajstić information content (AvgIpc) is 3.23. The smallest absolute Gasteiger partial charge is 0.161 e. The molecule has 7 nitrogen and oxygen atoms in total. The van der Waals surface area contributed by atoms with Crippen molar-refractivity contribution in [3.05, 3.63) is 41.3 Å². The van der Waals surface area contributed by atoms with E-state index in [0.717, 1.165) is 41.6 Å². The van der Waals surface area contributed by atoms with Crippen molar-refractivity contribution in [2.24, 2.45) is 0 Å². The monoisotopic (exact) mass is 435 g/mol. The molecular weight excluding hydrogens is 402 g/mol. The number of rotatable bonds is 11. The number of aromatic nitrogens is 1. The van der Waals surface area contributed by atoms with Crippen LogP contribution in [0.4, 0.5) is 0 Å². The molecule has 0 saturated carbocycles. The lowest BCUT2D eigenvalue weighted by molar-refractivity contribution is 0.0705. The number of benzene rings is 1. The molecule has 1 fully saturated rings. The highest BCUT2D eigenvalue weighted by Gasteiger charge is 2.16. The highest BCUT2D eigenvalue weighted by Crippen LogP contribution is 2.28. The van der Waals surface area contributed by atoms with Gasteiger partial charge in [0.1, 0.15) is 12.7 Å². The predicted octanol–water partition coefficient (Wildman–Crippen LogP) is 2.88. The largest absolute Gasteiger partial charge is 0.493 e. The Hall–Kier alpha value is -1.74. The molecule has 2 aromatic rings. The van der Waals surface area contributed by atoms with Crippen molar-refractivity contribution in [1.29, 1.82) is 0 Å². The van der Waals surface area contributed by atoms with Gasteiger partial charge < -0.3 is 24.4 Å². The third-order valence-electron chi connectivity index (χ3n) is 5.03. The van der Waals surface area contributed by atoms with Crippen LogP contribution in [-0.4, -0.2) is 66.1 Å². The van der Waals surface area contributed by atoms with Gasteiger partial charge >= 0.3 is 0 Å². The van der Waals surface area contributed by atoms with Crippen molar-refractivity contribution in [2.45, 2.75) is 39.0 Å². The van der Waals surface area contributed by atoms with Crippen molar-refractivity contribution in [1.82, 2.24) is 15.4 Å². The summed E-state index contributed by atoms with van der Waals surface area (Å²) in [5.41, 5.74) is 2.05. The van der Waals surface area contributed by atoms with Gasteiger partial charge in [-0.2, -0.15) is 11.8 Å². The topological polar surface area (TPSA) is 80.0 Å². The summed E-state index contributed by atoms with van der Waals surface area (Å²) in [6.45, 7) is 8.42. The van der Waals surface area contributed by atoms with Crippen molar-refractivity contribution in [2.75, 3.05) is 44.9 Å². The van der Waals surface area contributed by atoms with Crippen LogP contribution >= 0.6 is 11.8 Å². The molecule has 0 radical (unpaired) electrons. The van der Waals surface area contributed by atoms with Crippen LogP contribution in [0.15, 0.2) is 28.8 Å². The molecule has 1 unspecified atom stereocenters. The highest BCUT2D eigenvalue weighted by molar-refractivity contribution is 7.99. The highest BCUT2D eigenvalue weighted by atomic mass is 32.2. The van der Waals surface area contributed by atoms with Gasteiger partial charge in [-0.3, -0.25) is 4.90 Å². The van der Waals surface area contributed by atoms with E-state index in [0.29, 0.717) is 37.1 Å². The van der Waals surface area contributed by atoms with Crippen LogP contribution in [0.1, 0.15) is 36.8 Å². The zero-order chi connectivity index (χ0) is 21.3. The molecule has 1 aromatic heterocycles. The van der Waals surface area contributed by atoms with E-state index in [2.05, 4.69) is 29.2 Å². The number of methoxy groups -OCH3 is 1. The molecule has 1 atom stereocenters. The van der Waals surface area contributed by atoms with Crippen LogP contribution in [0, 0.1) is 0 Å². The van der Waals surface area contributed by atoms with E-state index in [4.69, 9.17) is 14.0 Å². The van der Waals surface area contributed by atoms with Gasteiger partial charge in [0, 0.05) is 43.8 Å². The third-order valence-corrected chi connectivity index (χ3v) is 5.97. The molecule has 1 aromatic carbocycles. The number of aliphatic hydroxyl groups excluding tert-OH is 1. The minimum absolute atomic E-state index is 0.251. The molecule has 0 amide bonds. The van der Waals surface area contributed by atoms with E-state index in [1.165, 1.54) is 0 Å². The standard InChI is InChI=1S/C22H33N3O4S/c1-16(2)20-11-19(29-24-20)13-23-12-17-4-5-21(22(10-17)27-3)28-15-18(26)14-25-6-8-30-9-7-25/h4-5,10-11,16,18,23,26H,6-9,12-15H2,1-3H3. The number of hydrogen-bond acceptors (Lipinski definition) is 8. The summed E-state index contributed by atoms with van der Waals surface area (Å²) >= 11 is 1.96. The minimum atomic E-state index is -0.517. The van der Waals surface area contributed by atoms with E-state index in [1.807, 2.05) is 36.0 Å². The Morgan fingerprint density at radius 3 is 2.70 bits per heavy atom. The molecule has 3 rings (SSSR count). The van der Waals surface area contributed by atoms with Crippen molar-refractivity contribution >= 4 is 11.8 Å². The van der Waals surface area contributed by atoms with Gasteiger partial charge in [0.05, 0.1) is 19.3 Å². The first kappa shape index (κ1) is 22.9. The van der Waals surface area contributed by atoms with Crippen LogP contribution in [0.25, 0.3) is 0 Å². The summed E-state index contributed by atoms with van der Waals surface area (Å²) < 4.78 is 16.7. The fourth-order valence-electron chi connectivity index (χ4n) is 3.28. The SMILES string of the molecule is COc1cc(CNCc2cc(C(C)C)no2)ccc1OCC(O)CN1CCSCC1. The van der Waals surface area contributed by atoms with E-state index >= 15 is 0 Å². The Morgan fingerprint density at radius 1 is 1.20 bits per heavy atom. The Morgan fingerprint density at radius 2 is 2.00 bits per heavy atom. The van der Waals surface area contributed by atoms with Gasteiger partial charge in [0.15, 0.2) is 17.3 Å². The Kier molecular flexibility index (Phi) is 8.87. The molecule has 2 N–H and O–H groups in total. The molecule has 166 valence electrons. The second-order valence-electron chi connectivity index (χ2n) is 7.84. The molecule has 2 heterocycles. The molecule has 1 aliphatic heterocycles. The van der Waals surface area contributed by atoms with Crippen LogP contribution in [0.5, 0.6) is 11.5 Å². The quantitative estimate of drug-likeness (QED) is 0.558. The fraction of sp³-hybridized carbons (Fsp3) is 0.591. The van der Waals surface area contributed by atoms with Gasteiger partial charge in [0.2, 0.25) is 0 Å². The Balaban J connectivity index is 1.46. The normalized spacial score (nSPS) is 16.0. The van der Waals surface area contributed by atoms with Crippen molar-refractivity contribution < 1.29 is 19.1 Å². The maximum atomic E-state index is 10.3. The van der Waals surface area contributed by atoms with Crippen LogP contribution in [0.2, 0.25) is 0 Å². The number of hydrogen-bond donors (Lipinski definition) is 2. The van der Waals surface area contributed by atoms with Gasteiger partial charge in [-0.1, -0.05) is 25.1 Å². The van der Waals surface area contributed by atoms with E-state index in [9.17, 15) is 5.11 Å². The Bertz CT molecular complexity index is 777. The van der Waals surface area contributed by atoms with Gasteiger partial charge in [0.25, 0.3) is 0 Å². The molecule has 0 aliphatic carbocycles. The molecule has 0 bridgehead atoms. The van der Waals surface area contributed by atoms with Gasteiger partial charge in [-0.05, 0) is 23.6 Å². The number of aliphatic hydroxyl groups is 1. The van der Waals surface area contributed by atoms with E-state index in [1.54, 1.807) is 7.11 Å². The van der Waals surface area contributed by atoms with Gasteiger partial charge in [-0.15, -0.1) is 0 Å². The predicted molar refractivity (Wildman–Crippen MR) is 119 cm³/mol. The van der Waals surface area contributed by atoms with E-state index in [-0.39, 0.29) is 6.61 Å². The second kappa shape index (κ2) is 11.6. The molecular formula is C22H33N3O4S. The van der Waals surface area contributed by atoms with Crippen molar-refractivity contribution in [3.8, 4) is 11.5 Å². The summed E-state index contributed by atoms with van der Waals surface area (Å²) in [5, 5.41) is 17.7. The first-order valence-electron chi connectivity index (χ1n) is 10.5. The summed E-state index contributed by atoms with van der Waals surface area (Å²) in [4.78, 5) is 2.29. The molecule has 1 saturated heterocycles. The number of nitrogens with one attached hydrogen (secondary N) is 1. The number of β-amino-alcohol motifs (C(OH)–C–C–N with tert-alkyl or cyclic N) is 1. The third kappa shape index (κ3) is 6.91. The number of ether oxygens (including phenoxy) is 2. The molecule has 0 spiro atoms. The maximum Gasteiger partial charge on any atom is 0.161 e. The summed E-state index contributed by atoms with van der Waals surface area (Å²) in [6, 6.07) is 7.84. The summed E-state index contributed by atoms with van der Waals surface area (Å²) in [6.07, 6.45) is -0.517. The minimum Gasteiger partial charge on any atom is -0.493 e. The second-order valence-corrected chi connectivity index (χ2v) is 9.06. The average molecular weight is 436 g/mol. The molecule has 1 aliphatic rings. The lowest BCUT2D eigenvalue weighted by atomic mass is 10.1. The summed E-state index contributed by atoms with van der Waals surface area (Å²) in [5.74, 6) is 4.76. The van der Waals surface area contributed by atoms with Crippen molar-refractivity contribution in [3.63, 3.8) is 0 Å². The first-order chi connectivity index (χ1) is 14.5. The lowest BCUT2D eigenvalue weighted by Crippen LogP contribution is -2.40. The van der Waals surface area contributed by atoms with Crippen LogP contribution in [-0.2, 0) is 13.1 Å². The number of thioether (sulfide) groups is 1. The fourth-order valence-corrected chi connectivity index (χ4v) is 4.25. The summed E-state index contributed by atoms with van der Waals surface area (Å²) in [7, 11) is 1.63. The van der Waals surface area contributed by atoms with Gasteiger partial charge in [-0.25, -0.2) is 0 Å². The number of nitrogens with zero attached hydrogens (tertiary/aromatic N) is 2. The maximum absolute atomic E-state index is 10.3. The van der Waals surface area contributed by atoms with Crippen LogP contribution in [0.3, 0.4) is 0 Å². The first-order valence-corrected chi connectivity index (χ1v) is 11.6. The van der Waals surface area contributed by atoms with Crippen LogP contribution < -0.4 is 14.8 Å². The Labute approximate surface area is 183 Å². The zero-order valence-electron chi connectivity index (χ0n) is 18.1. The molecule has 30 heavy (non-hydrogen) atoms.